The zero-order valence-corrected chi connectivity index (χ0v) is 9.68. The first-order valence-electron chi connectivity index (χ1n) is 5.49. The third kappa shape index (κ3) is 3.14. The summed E-state index contributed by atoms with van der Waals surface area (Å²) in [6.07, 6.45) is 3.55. The topological polar surface area (TPSA) is 42.0 Å². The predicted molar refractivity (Wildman–Crippen MR) is 68.0 cm³/mol. The van der Waals surface area contributed by atoms with Crippen LogP contribution in [0.1, 0.15) is 22.8 Å². The number of pyridine rings is 1. The summed E-state index contributed by atoms with van der Waals surface area (Å²) in [5, 5.41) is 3.29. The van der Waals surface area contributed by atoms with Crippen molar-refractivity contribution in [1.82, 2.24) is 4.98 Å². The molecular formula is C14H14N2O. The molecule has 0 aliphatic rings. The van der Waals surface area contributed by atoms with Crippen LogP contribution >= 0.6 is 0 Å². The van der Waals surface area contributed by atoms with Crippen LogP contribution in [0.25, 0.3) is 0 Å². The number of rotatable bonds is 4. The molecule has 0 radical (unpaired) electrons. The van der Waals surface area contributed by atoms with Crippen LogP contribution in [-0.2, 0) is 6.54 Å². The van der Waals surface area contributed by atoms with Gasteiger partial charge in [0.15, 0.2) is 5.78 Å². The first-order valence-corrected chi connectivity index (χ1v) is 5.49. The number of anilines is 1. The van der Waals surface area contributed by atoms with Gasteiger partial charge in [0.1, 0.15) is 0 Å². The van der Waals surface area contributed by atoms with E-state index < -0.39 is 0 Å². The van der Waals surface area contributed by atoms with E-state index in [4.69, 9.17) is 0 Å². The zero-order valence-electron chi connectivity index (χ0n) is 9.68. The van der Waals surface area contributed by atoms with Gasteiger partial charge in [0.25, 0.3) is 0 Å². The lowest BCUT2D eigenvalue weighted by atomic mass is 10.1. The Morgan fingerprint density at radius 2 is 1.76 bits per heavy atom. The van der Waals surface area contributed by atoms with Gasteiger partial charge >= 0.3 is 0 Å². The van der Waals surface area contributed by atoms with Crippen molar-refractivity contribution in [2.75, 3.05) is 5.32 Å². The zero-order chi connectivity index (χ0) is 12.1. The average Bonchev–Trinajstić information content (AvgIpc) is 2.38. The van der Waals surface area contributed by atoms with E-state index in [0.717, 1.165) is 17.8 Å². The lowest BCUT2D eigenvalue weighted by molar-refractivity contribution is 0.101. The molecule has 0 aliphatic carbocycles. The lowest BCUT2D eigenvalue weighted by Crippen LogP contribution is -2.00. The second-order valence-corrected chi connectivity index (χ2v) is 3.84. The van der Waals surface area contributed by atoms with Gasteiger partial charge in [0.05, 0.1) is 0 Å². The van der Waals surface area contributed by atoms with Crippen LogP contribution in [0.5, 0.6) is 0 Å². The Morgan fingerprint density at radius 1 is 1.12 bits per heavy atom. The van der Waals surface area contributed by atoms with Gasteiger partial charge in [-0.25, -0.2) is 0 Å². The van der Waals surface area contributed by atoms with Crippen LogP contribution < -0.4 is 5.32 Å². The van der Waals surface area contributed by atoms with Gasteiger partial charge in [-0.3, -0.25) is 9.78 Å². The molecule has 1 aromatic carbocycles. The molecule has 0 saturated heterocycles. The maximum atomic E-state index is 11.1. The van der Waals surface area contributed by atoms with Gasteiger partial charge in [0, 0.05) is 30.2 Å². The van der Waals surface area contributed by atoms with E-state index >= 15 is 0 Å². The normalized spacial score (nSPS) is 9.94. The minimum absolute atomic E-state index is 0.0886. The second-order valence-electron chi connectivity index (χ2n) is 3.84. The minimum atomic E-state index is 0.0886. The number of benzene rings is 1. The third-order valence-corrected chi connectivity index (χ3v) is 2.54. The Kier molecular flexibility index (Phi) is 3.50. The van der Waals surface area contributed by atoms with Crippen molar-refractivity contribution in [1.29, 1.82) is 0 Å². The molecule has 0 bridgehead atoms. The van der Waals surface area contributed by atoms with Crippen LogP contribution in [-0.4, -0.2) is 10.8 Å². The lowest BCUT2D eigenvalue weighted by Gasteiger charge is -2.06. The standard InChI is InChI=1S/C14H14N2O/c1-11(17)13-2-4-14(5-3-13)16-10-12-6-8-15-9-7-12/h2-9,16H,10H2,1H3. The Balaban J connectivity index is 1.98. The summed E-state index contributed by atoms with van der Waals surface area (Å²) in [5.74, 6) is 0.0886. The maximum Gasteiger partial charge on any atom is 0.159 e. The molecule has 0 atom stereocenters. The number of hydrogen-bond donors (Lipinski definition) is 1. The van der Waals surface area contributed by atoms with Crippen molar-refractivity contribution in [2.45, 2.75) is 13.5 Å². The summed E-state index contributed by atoms with van der Waals surface area (Å²) < 4.78 is 0. The van der Waals surface area contributed by atoms with Crippen molar-refractivity contribution < 1.29 is 4.79 Å². The molecule has 0 fully saturated rings. The van der Waals surface area contributed by atoms with Crippen molar-refractivity contribution in [2.24, 2.45) is 0 Å². The summed E-state index contributed by atoms with van der Waals surface area (Å²) in [4.78, 5) is 15.1. The summed E-state index contributed by atoms with van der Waals surface area (Å²) >= 11 is 0. The molecule has 2 rings (SSSR count). The Labute approximate surface area is 101 Å². The van der Waals surface area contributed by atoms with Crippen molar-refractivity contribution in [3.05, 3.63) is 59.9 Å². The van der Waals surface area contributed by atoms with Gasteiger partial charge in [-0.15, -0.1) is 0 Å². The fourth-order valence-corrected chi connectivity index (χ4v) is 1.53. The summed E-state index contributed by atoms with van der Waals surface area (Å²) in [6.45, 7) is 2.32. The Bertz CT molecular complexity index is 491. The highest BCUT2D eigenvalue weighted by Gasteiger charge is 1.98. The molecule has 1 heterocycles. The van der Waals surface area contributed by atoms with Gasteiger partial charge in [-0.1, -0.05) is 0 Å². The SMILES string of the molecule is CC(=O)c1ccc(NCc2ccncc2)cc1. The molecule has 86 valence electrons. The number of nitrogens with zero attached hydrogens (tertiary/aromatic N) is 1. The van der Waals surface area contributed by atoms with Crippen LogP contribution in [0.4, 0.5) is 5.69 Å². The fourth-order valence-electron chi connectivity index (χ4n) is 1.53. The summed E-state index contributed by atoms with van der Waals surface area (Å²) in [7, 11) is 0. The monoisotopic (exact) mass is 226 g/mol. The molecular weight excluding hydrogens is 212 g/mol. The third-order valence-electron chi connectivity index (χ3n) is 2.54. The molecule has 0 amide bonds. The first-order chi connectivity index (χ1) is 8.25. The second kappa shape index (κ2) is 5.25. The van der Waals surface area contributed by atoms with Crippen molar-refractivity contribution in [3.8, 4) is 0 Å². The maximum absolute atomic E-state index is 11.1. The van der Waals surface area contributed by atoms with Gasteiger partial charge in [-0.2, -0.15) is 0 Å². The summed E-state index contributed by atoms with van der Waals surface area (Å²) in [6, 6.07) is 11.4. The molecule has 0 spiro atoms. The smallest absolute Gasteiger partial charge is 0.159 e. The fraction of sp³-hybridized carbons (Fsp3) is 0.143. The number of hydrogen-bond acceptors (Lipinski definition) is 3. The van der Waals surface area contributed by atoms with Crippen LogP contribution in [0.15, 0.2) is 48.8 Å². The molecule has 3 heteroatoms. The quantitative estimate of drug-likeness (QED) is 0.815. The highest BCUT2D eigenvalue weighted by molar-refractivity contribution is 5.94. The van der Waals surface area contributed by atoms with E-state index in [-0.39, 0.29) is 5.78 Å². The Hall–Kier alpha value is -2.16. The van der Waals surface area contributed by atoms with Gasteiger partial charge in [-0.05, 0) is 48.9 Å². The van der Waals surface area contributed by atoms with Gasteiger partial charge in [0.2, 0.25) is 0 Å². The predicted octanol–water partition coefficient (Wildman–Crippen LogP) is 2.90. The van der Waals surface area contributed by atoms with E-state index in [1.165, 1.54) is 5.56 Å². The van der Waals surface area contributed by atoms with Crippen LogP contribution in [0.3, 0.4) is 0 Å². The average molecular weight is 226 g/mol. The number of nitrogens with one attached hydrogen (secondary N) is 1. The largest absolute Gasteiger partial charge is 0.381 e. The molecule has 1 N–H and O–H groups in total. The number of aromatic nitrogens is 1. The molecule has 3 nitrogen and oxygen atoms in total. The van der Waals surface area contributed by atoms with Crippen molar-refractivity contribution >= 4 is 11.5 Å². The minimum Gasteiger partial charge on any atom is -0.381 e. The van der Waals surface area contributed by atoms with Crippen molar-refractivity contribution in [3.63, 3.8) is 0 Å². The molecule has 0 saturated carbocycles. The molecule has 0 unspecified atom stereocenters. The van der Waals surface area contributed by atoms with E-state index in [1.54, 1.807) is 19.3 Å². The molecule has 1 aromatic heterocycles. The first kappa shape index (κ1) is 11.3. The molecule has 0 aliphatic heterocycles. The number of Topliss-reactive ketones (excluding diaryl/α,β-unsaturated/α-hetero) is 1. The van der Waals surface area contributed by atoms with Gasteiger partial charge < -0.3 is 5.32 Å². The number of ketones is 1. The highest BCUT2D eigenvalue weighted by Crippen LogP contribution is 2.11. The van der Waals surface area contributed by atoms with Crippen LogP contribution in [0, 0.1) is 0 Å². The molecule has 2 aromatic rings. The Morgan fingerprint density at radius 3 is 2.35 bits per heavy atom. The van der Waals surface area contributed by atoms with E-state index in [2.05, 4.69) is 10.3 Å². The van der Waals surface area contributed by atoms with E-state index in [0.29, 0.717) is 0 Å². The molecule has 17 heavy (non-hydrogen) atoms. The highest BCUT2D eigenvalue weighted by atomic mass is 16.1. The van der Waals surface area contributed by atoms with Crippen LogP contribution in [0.2, 0.25) is 0 Å². The number of carbonyl (C=O) groups excluding carboxylic acids is 1. The number of carbonyl (C=O) groups is 1. The van der Waals surface area contributed by atoms with E-state index in [1.807, 2.05) is 36.4 Å². The summed E-state index contributed by atoms with van der Waals surface area (Å²) in [5.41, 5.74) is 2.92. The van der Waals surface area contributed by atoms with E-state index in [9.17, 15) is 4.79 Å².